The molecule has 1 N–H and O–H groups in total. The summed E-state index contributed by atoms with van der Waals surface area (Å²) in [6.45, 7) is 2.41. The minimum atomic E-state index is -0.413. The number of likely N-dealkylation sites (tertiary alicyclic amines) is 1. The molecule has 2 heterocycles. The van der Waals surface area contributed by atoms with E-state index < -0.39 is 12.2 Å². The summed E-state index contributed by atoms with van der Waals surface area (Å²) in [6, 6.07) is 0. The highest BCUT2D eigenvalue weighted by Crippen LogP contribution is 2.28. The summed E-state index contributed by atoms with van der Waals surface area (Å²) in [5.41, 5.74) is 0. The van der Waals surface area contributed by atoms with Gasteiger partial charge in [-0.2, -0.15) is 0 Å². The van der Waals surface area contributed by atoms with Gasteiger partial charge in [-0.3, -0.25) is 14.5 Å². The molecule has 2 aliphatic rings. The van der Waals surface area contributed by atoms with Crippen LogP contribution in [0.5, 0.6) is 0 Å². The standard InChI is InChI=1S/C11H17NO4/c1-7(4-5-13)6-12-10(14)8-2-3-9(16-8)11(12)15/h7-9,13H,2-6H2,1H3. The number of amides is 2. The molecule has 2 fully saturated rings. The van der Waals surface area contributed by atoms with E-state index in [0.717, 1.165) is 0 Å². The number of aliphatic hydroxyl groups is 1. The van der Waals surface area contributed by atoms with E-state index in [2.05, 4.69) is 0 Å². The lowest BCUT2D eigenvalue weighted by molar-refractivity contribution is -0.169. The largest absolute Gasteiger partial charge is 0.396 e. The van der Waals surface area contributed by atoms with Crippen LogP contribution in [0.25, 0.3) is 0 Å². The lowest BCUT2D eigenvalue weighted by atomic mass is 10.1. The number of nitrogens with zero attached hydrogens (tertiary/aromatic N) is 1. The van der Waals surface area contributed by atoms with Crippen molar-refractivity contribution in [1.82, 2.24) is 4.90 Å². The molecule has 0 radical (unpaired) electrons. The Hall–Kier alpha value is -0.940. The van der Waals surface area contributed by atoms with E-state index in [9.17, 15) is 9.59 Å². The van der Waals surface area contributed by atoms with Gasteiger partial charge in [0.05, 0.1) is 0 Å². The Balaban J connectivity index is 2.02. The molecule has 16 heavy (non-hydrogen) atoms. The summed E-state index contributed by atoms with van der Waals surface area (Å²) in [6.07, 6.45) is 1.08. The topological polar surface area (TPSA) is 66.8 Å². The summed E-state index contributed by atoms with van der Waals surface area (Å²) >= 11 is 0. The second-order valence-corrected chi connectivity index (χ2v) is 4.60. The second kappa shape index (κ2) is 4.51. The molecule has 5 nitrogen and oxygen atoms in total. The van der Waals surface area contributed by atoms with Gasteiger partial charge in [-0.25, -0.2) is 0 Å². The summed E-state index contributed by atoms with van der Waals surface area (Å²) in [7, 11) is 0. The number of hydrogen-bond donors (Lipinski definition) is 1. The maximum absolute atomic E-state index is 11.9. The number of carbonyl (C=O) groups is 2. The van der Waals surface area contributed by atoms with E-state index >= 15 is 0 Å². The average molecular weight is 227 g/mol. The molecule has 2 bridgehead atoms. The molecule has 0 aromatic rings. The third-order valence-electron chi connectivity index (χ3n) is 3.22. The van der Waals surface area contributed by atoms with E-state index in [-0.39, 0.29) is 24.3 Å². The zero-order chi connectivity index (χ0) is 11.7. The van der Waals surface area contributed by atoms with E-state index in [1.165, 1.54) is 4.90 Å². The maximum atomic E-state index is 11.9. The summed E-state index contributed by atoms with van der Waals surface area (Å²) in [5.74, 6) is -0.275. The molecule has 2 saturated heterocycles. The van der Waals surface area contributed by atoms with Crippen molar-refractivity contribution in [3.63, 3.8) is 0 Å². The minimum Gasteiger partial charge on any atom is -0.396 e. The van der Waals surface area contributed by atoms with Gasteiger partial charge in [0.25, 0.3) is 11.8 Å². The Kier molecular flexibility index (Phi) is 3.25. The quantitative estimate of drug-likeness (QED) is 0.682. The van der Waals surface area contributed by atoms with Crippen molar-refractivity contribution >= 4 is 11.8 Å². The van der Waals surface area contributed by atoms with Gasteiger partial charge in [0.1, 0.15) is 12.2 Å². The fraction of sp³-hybridized carbons (Fsp3) is 0.818. The number of rotatable bonds is 4. The SMILES string of the molecule is CC(CCO)CN1C(=O)C2CCC(O2)C1=O. The molecule has 2 rings (SSSR count). The molecule has 0 aromatic heterocycles. The monoisotopic (exact) mass is 227 g/mol. The summed E-state index contributed by atoms with van der Waals surface area (Å²) < 4.78 is 5.30. The molecule has 0 aliphatic carbocycles. The van der Waals surface area contributed by atoms with Crippen molar-refractivity contribution < 1.29 is 19.4 Å². The van der Waals surface area contributed by atoms with Crippen LogP contribution in [0.3, 0.4) is 0 Å². The number of aliphatic hydroxyl groups excluding tert-OH is 1. The van der Waals surface area contributed by atoms with E-state index in [4.69, 9.17) is 9.84 Å². The van der Waals surface area contributed by atoms with Gasteiger partial charge < -0.3 is 9.84 Å². The van der Waals surface area contributed by atoms with Crippen molar-refractivity contribution in [2.24, 2.45) is 5.92 Å². The second-order valence-electron chi connectivity index (χ2n) is 4.60. The summed E-state index contributed by atoms with van der Waals surface area (Å²) in [5, 5.41) is 8.80. The first-order valence-corrected chi connectivity index (χ1v) is 5.75. The van der Waals surface area contributed by atoms with E-state index in [0.29, 0.717) is 25.8 Å². The van der Waals surface area contributed by atoms with Crippen LogP contribution in [0.2, 0.25) is 0 Å². The van der Waals surface area contributed by atoms with Crippen molar-refractivity contribution in [3.8, 4) is 0 Å². The lowest BCUT2D eigenvalue weighted by Crippen LogP contribution is -2.52. The zero-order valence-electron chi connectivity index (χ0n) is 9.39. The predicted octanol–water partition coefficient (Wildman–Crippen LogP) is -0.0787. The van der Waals surface area contributed by atoms with Gasteiger partial charge in [0.2, 0.25) is 0 Å². The van der Waals surface area contributed by atoms with Crippen LogP contribution in [-0.2, 0) is 14.3 Å². The van der Waals surface area contributed by atoms with Gasteiger partial charge in [-0.15, -0.1) is 0 Å². The lowest BCUT2D eigenvalue weighted by Gasteiger charge is -2.31. The van der Waals surface area contributed by atoms with Crippen LogP contribution >= 0.6 is 0 Å². The normalized spacial score (nSPS) is 31.0. The van der Waals surface area contributed by atoms with Gasteiger partial charge in [0, 0.05) is 13.2 Å². The third kappa shape index (κ3) is 1.97. The maximum Gasteiger partial charge on any atom is 0.258 e. The van der Waals surface area contributed by atoms with Crippen molar-refractivity contribution in [2.45, 2.75) is 38.4 Å². The Morgan fingerprint density at radius 2 is 1.94 bits per heavy atom. The highest BCUT2D eigenvalue weighted by Gasteiger charge is 2.46. The number of morpholine rings is 1. The van der Waals surface area contributed by atoms with Crippen molar-refractivity contribution in [1.29, 1.82) is 0 Å². The smallest absolute Gasteiger partial charge is 0.258 e. The Labute approximate surface area is 94.4 Å². The Morgan fingerprint density at radius 1 is 1.38 bits per heavy atom. The van der Waals surface area contributed by atoms with Crippen LogP contribution in [-0.4, -0.2) is 47.2 Å². The van der Waals surface area contributed by atoms with Gasteiger partial charge in [0.15, 0.2) is 0 Å². The molecule has 0 spiro atoms. The van der Waals surface area contributed by atoms with Crippen LogP contribution in [0.4, 0.5) is 0 Å². The highest BCUT2D eigenvalue weighted by atomic mass is 16.5. The fourth-order valence-corrected chi connectivity index (χ4v) is 2.26. The molecule has 0 aromatic carbocycles. The molecule has 3 unspecified atom stereocenters. The number of hydrogen-bond acceptors (Lipinski definition) is 4. The first-order valence-electron chi connectivity index (χ1n) is 5.75. The van der Waals surface area contributed by atoms with E-state index in [1.807, 2.05) is 6.92 Å². The van der Waals surface area contributed by atoms with Gasteiger partial charge in [-0.05, 0) is 25.2 Å². The molecule has 2 amide bonds. The van der Waals surface area contributed by atoms with Crippen molar-refractivity contribution in [3.05, 3.63) is 0 Å². The van der Waals surface area contributed by atoms with Gasteiger partial charge in [-0.1, -0.05) is 6.92 Å². The van der Waals surface area contributed by atoms with Gasteiger partial charge >= 0.3 is 0 Å². The van der Waals surface area contributed by atoms with Crippen LogP contribution in [0, 0.1) is 5.92 Å². The van der Waals surface area contributed by atoms with Crippen LogP contribution < -0.4 is 0 Å². The third-order valence-corrected chi connectivity index (χ3v) is 3.22. The fourth-order valence-electron chi connectivity index (χ4n) is 2.26. The molecule has 2 aliphatic heterocycles. The van der Waals surface area contributed by atoms with Crippen LogP contribution in [0.1, 0.15) is 26.2 Å². The minimum absolute atomic E-state index is 0.0841. The Bertz CT molecular complexity index is 282. The molecule has 3 atom stereocenters. The number of imide groups is 1. The van der Waals surface area contributed by atoms with E-state index in [1.54, 1.807) is 0 Å². The first kappa shape index (κ1) is 11.5. The molecule has 5 heteroatoms. The molecular weight excluding hydrogens is 210 g/mol. The number of carbonyl (C=O) groups excluding carboxylic acids is 2. The molecule has 0 saturated carbocycles. The predicted molar refractivity (Wildman–Crippen MR) is 55.5 cm³/mol. The van der Waals surface area contributed by atoms with Crippen molar-refractivity contribution in [2.75, 3.05) is 13.2 Å². The highest BCUT2D eigenvalue weighted by molar-refractivity contribution is 6.02. The zero-order valence-corrected chi connectivity index (χ0v) is 9.39. The summed E-state index contributed by atoms with van der Waals surface area (Å²) in [4.78, 5) is 25.0. The average Bonchev–Trinajstić information content (AvgIpc) is 2.69. The number of fused-ring (bicyclic) bond motifs is 2. The Morgan fingerprint density at radius 3 is 2.44 bits per heavy atom. The first-order chi connectivity index (χ1) is 7.63. The number of ether oxygens (including phenoxy) is 1. The molecular formula is C11H17NO4. The van der Waals surface area contributed by atoms with Crippen LogP contribution in [0.15, 0.2) is 0 Å². The molecule has 90 valence electrons.